The Balaban J connectivity index is 1.81. The van der Waals surface area contributed by atoms with Crippen molar-refractivity contribution in [1.29, 1.82) is 0 Å². The molecule has 0 amide bonds. The molecule has 1 atom stereocenters. The van der Waals surface area contributed by atoms with Gasteiger partial charge >= 0.3 is 0 Å². The van der Waals surface area contributed by atoms with Crippen molar-refractivity contribution in [2.45, 2.75) is 25.4 Å². The lowest BCUT2D eigenvalue weighted by molar-refractivity contribution is 0.389. The summed E-state index contributed by atoms with van der Waals surface area (Å²) in [4.78, 5) is 0. The molecule has 1 saturated heterocycles. The molecule has 0 bridgehead atoms. The second-order valence-corrected chi connectivity index (χ2v) is 4.49. The minimum atomic E-state index is 0.609. The van der Waals surface area contributed by atoms with Crippen LogP contribution < -0.4 is 10.6 Å². The van der Waals surface area contributed by atoms with E-state index < -0.39 is 0 Å². The van der Waals surface area contributed by atoms with E-state index in [9.17, 15) is 0 Å². The second-order valence-electron chi connectivity index (χ2n) is 4.05. The van der Waals surface area contributed by atoms with E-state index in [0.29, 0.717) is 6.04 Å². The van der Waals surface area contributed by atoms with Crippen LogP contribution in [0.5, 0.6) is 0 Å². The molecular weight excluding hydrogens is 208 g/mol. The maximum Gasteiger partial charge on any atom is 0.0409 e. The molecule has 1 aromatic carbocycles. The molecule has 0 spiro atoms. The van der Waals surface area contributed by atoms with Gasteiger partial charge in [-0.15, -0.1) is 0 Å². The van der Waals surface area contributed by atoms with Gasteiger partial charge in [0.2, 0.25) is 0 Å². The van der Waals surface area contributed by atoms with Gasteiger partial charge in [-0.3, -0.25) is 0 Å². The van der Waals surface area contributed by atoms with Crippen molar-refractivity contribution in [2.24, 2.45) is 0 Å². The summed E-state index contributed by atoms with van der Waals surface area (Å²) < 4.78 is 0. The number of benzene rings is 1. The third-order valence-electron chi connectivity index (χ3n) is 2.78. The first-order chi connectivity index (χ1) is 7.34. The zero-order chi connectivity index (χ0) is 10.5. The van der Waals surface area contributed by atoms with Gasteiger partial charge in [-0.25, -0.2) is 0 Å². The summed E-state index contributed by atoms with van der Waals surface area (Å²) in [6.07, 6.45) is 2.54. The van der Waals surface area contributed by atoms with Gasteiger partial charge in [-0.05, 0) is 37.1 Å². The fraction of sp³-hybridized carbons (Fsp3) is 0.500. The average molecular weight is 225 g/mol. The first-order valence-corrected chi connectivity index (χ1v) is 5.91. The number of hydrogen-bond donors (Lipinski definition) is 2. The predicted molar refractivity (Wildman–Crippen MR) is 64.2 cm³/mol. The highest BCUT2D eigenvalue weighted by molar-refractivity contribution is 6.30. The Morgan fingerprint density at radius 2 is 2.40 bits per heavy atom. The molecule has 1 fully saturated rings. The lowest BCUT2D eigenvalue weighted by Gasteiger charge is -2.23. The van der Waals surface area contributed by atoms with E-state index in [1.807, 2.05) is 18.2 Å². The van der Waals surface area contributed by atoms with Gasteiger partial charge in [0.1, 0.15) is 0 Å². The fourth-order valence-corrected chi connectivity index (χ4v) is 2.15. The average Bonchev–Trinajstić information content (AvgIpc) is 2.28. The molecule has 0 aliphatic carbocycles. The van der Waals surface area contributed by atoms with Gasteiger partial charge < -0.3 is 10.6 Å². The van der Waals surface area contributed by atoms with E-state index in [0.717, 1.165) is 24.7 Å². The number of nitrogens with one attached hydrogen (secondary N) is 2. The Labute approximate surface area is 96.0 Å². The van der Waals surface area contributed by atoms with E-state index >= 15 is 0 Å². The number of halogens is 1. The van der Waals surface area contributed by atoms with Gasteiger partial charge in [-0.1, -0.05) is 23.7 Å². The number of hydrogen-bond acceptors (Lipinski definition) is 2. The van der Waals surface area contributed by atoms with Gasteiger partial charge in [0.05, 0.1) is 0 Å². The van der Waals surface area contributed by atoms with Crippen LogP contribution in [0.2, 0.25) is 5.02 Å². The van der Waals surface area contributed by atoms with Crippen LogP contribution in [0, 0.1) is 0 Å². The molecule has 0 radical (unpaired) electrons. The molecule has 2 N–H and O–H groups in total. The molecule has 1 heterocycles. The van der Waals surface area contributed by atoms with Crippen LogP contribution >= 0.6 is 11.6 Å². The Bertz CT molecular complexity index is 308. The Morgan fingerprint density at radius 3 is 3.13 bits per heavy atom. The van der Waals surface area contributed by atoms with Gasteiger partial charge in [0, 0.05) is 24.2 Å². The minimum absolute atomic E-state index is 0.609. The topological polar surface area (TPSA) is 24.1 Å². The minimum Gasteiger partial charge on any atom is -0.315 e. The Kier molecular flexibility index (Phi) is 4.01. The van der Waals surface area contributed by atoms with Crippen LogP contribution in [0.4, 0.5) is 0 Å². The summed E-state index contributed by atoms with van der Waals surface area (Å²) >= 11 is 5.93. The molecule has 82 valence electrons. The zero-order valence-electron chi connectivity index (χ0n) is 8.80. The smallest absolute Gasteiger partial charge is 0.0409 e. The third-order valence-corrected chi connectivity index (χ3v) is 3.02. The highest BCUT2D eigenvalue weighted by atomic mass is 35.5. The van der Waals surface area contributed by atoms with Gasteiger partial charge in [0.15, 0.2) is 0 Å². The lowest BCUT2D eigenvalue weighted by Crippen LogP contribution is -2.42. The summed E-state index contributed by atoms with van der Waals surface area (Å²) in [6, 6.07) is 8.64. The zero-order valence-corrected chi connectivity index (χ0v) is 9.56. The highest BCUT2D eigenvalue weighted by Crippen LogP contribution is 2.11. The van der Waals surface area contributed by atoms with Crippen molar-refractivity contribution < 1.29 is 0 Å². The molecule has 0 aromatic heterocycles. The van der Waals surface area contributed by atoms with E-state index in [2.05, 4.69) is 16.7 Å². The second kappa shape index (κ2) is 5.50. The Morgan fingerprint density at radius 1 is 1.47 bits per heavy atom. The standard InChI is InChI=1S/C12H17ClN2/c13-11-4-1-3-10(7-11)8-15-12-5-2-6-14-9-12/h1,3-4,7,12,14-15H,2,5-6,8-9H2/t12-/m1/s1. The molecule has 2 nitrogen and oxygen atoms in total. The summed E-state index contributed by atoms with van der Waals surface area (Å²) in [7, 11) is 0. The fourth-order valence-electron chi connectivity index (χ4n) is 1.94. The van der Waals surface area contributed by atoms with E-state index in [-0.39, 0.29) is 0 Å². The van der Waals surface area contributed by atoms with Crippen LogP contribution in [0.3, 0.4) is 0 Å². The van der Waals surface area contributed by atoms with E-state index in [1.165, 1.54) is 18.4 Å². The highest BCUT2D eigenvalue weighted by Gasteiger charge is 2.11. The SMILES string of the molecule is Clc1cccc(CN[C@@H]2CCCNC2)c1. The molecule has 1 aliphatic rings. The van der Waals surface area contributed by atoms with Crippen LogP contribution in [0.15, 0.2) is 24.3 Å². The van der Waals surface area contributed by atoms with Crippen molar-refractivity contribution in [1.82, 2.24) is 10.6 Å². The van der Waals surface area contributed by atoms with E-state index in [4.69, 9.17) is 11.6 Å². The first-order valence-electron chi connectivity index (χ1n) is 5.53. The summed E-state index contributed by atoms with van der Waals surface area (Å²) in [5.74, 6) is 0. The quantitative estimate of drug-likeness (QED) is 0.823. The monoisotopic (exact) mass is 224 g/mol. The Hall–Kier alpha value is -0.570. The molecular formula is C12H17ClN2. The summed E-state index contributed by atoms with van der Waals surface area (Å²) in [5, 5.41) is 7.75. The maximum absolute atomic E-state index is 5.93. The first kappa shape index (κ1) is 10.9. The third kappa shape index (κ3) is 3.49. The van der Waals surface area contributed by atoms with Crippen molar-refractivity contribution in [3.05, 3.63) is 34.9 Å². The van der Waals surface area contributed by atoms with Crippen molar-refractivity contribution in [3.8, 4) is 0 Å². The van der Waals surface area contributed by atoms with Crippen LogP contribution in [0.1, 0.15) is 18.4 Å². The molecule has 1 aromatic rings. The number of rotatable bonds is 3. The van der Waals surface area contributed by atoms with E-state index in [1.54, 1.807) is 0 Å². The van der Waals surface area contributed by atoms with Crippen molar-refractivity contribution >= 4 is 11.6 Å². The molecule has 3 heteroatoms. The lowest BCUT2D eigenvalue weighted by atomic mass is 10.1. The van der Waals surface area contributed by atoms with Crippen molar-refractivity contribution in [3.63, 3.8) is 0 Å². The normalized spacial score (nSPS) is 21.5. The largest absolute Gasteiger partial charge is 0.315 e. The molecule has 15 heavy (non-hydrogen) atoms. The summed E-state index contributed by atoms with van der Waals surface area (Å²) in [5.41, 5.74) is 1.26. The predicted octanol–water partition coefficient (Wildman–Crippen LogP) is 2.18. The van der Waals surface area contributed by atoms with Gasteiger partial charge in [-0.2, -0.15) is 0 Å². The molecule has 1 aliphatic heterocycles. The molecule has 0 saturated carbocycles. The van der Waals surface area contributed by atoms with Crippen molar-refractivity contribution in [2.75, 3.05) is 13.1 Å². The summed E-state index contributed by atoms with van der Waals surface area (Å²) in [6.45, 7) is 3.16. The molecule has 0 unspecified atom stereocenters. The maximum atomic E-state index is 5.93. The van der Waals surface area contributed by atoms with Crippen LogP contribution in [-0.4, -0.2) is 19.1 Å². The van der Waals surface area contributed by atoms with Gasteiger partial charge in [0.25, 0.3) is 0 Å². The van der Waals surface area contributed by atoms with Crippen LogP contribution in [0.25, 0.3) is 0 Å². The van der Waals surface area contributed by atoms with Crippen LogP contribution in [-0.2, 0) is 6.54 Å². The number of piperidine rings is 1. The molecule has 2 rings (SSSR count).